The van der Waals surface area contributed by atoms with Crippen molar-refractivity contribution in [2.45, 2.75) is 0 Å². The summed E-state index contributed by atoms with van der Waals surface area (Å²) in [7, 11) is 0. The van der Waals surface area contributed by atoms with Crippen LogP contribution in [0.25, 0.3) is 0 Å². The van der Waals surface area contributed by atoms with Crippen molar-refractivity contribution in [3.63, 3.8) is 0 Å². The first-order valence-electron chi connectivity index (χ1n) is 5.07. The van der Waals surface area contributed by atoms with E-state index >= 15 is 0 Å². The van der Waals surface area contributed by atoms with Gasteiger partial charge in [0, 0.05) is 0 Å². The Labute approximate surface area is 106 Å². The minimum absolute atomic E-state index is 0.0222. The number of carbonyl (C=O) groups is 2. The molecule has 1 aromatic carbocycles. The normalized spacial score (nSPS) is 9.83. The van der Waals surface area contributed by atoms with Gasteiger partial charge in [-0.05, 0) is 23.6 Å². The summed E-state index contributed by atoms with van der Waals surface area (Å²) < 4.78 is 13.2. The largest absolute Gasteiger partial charge is 0.326 e. The maximum absolute atomic E-state index is 13.2. The highest BCUT2D eigenvalue weighted by Crippen LogP contribution is 2.12. The molecular weight excluding hydrogens is 255 g/mol. The van der Waals surface area contributed by atoms with Crippen molar-refractivity contribution in [1.29, 1.82) is 0 Å². The van der Waals surface area contributed by atoms with E-state index in [0.717, 1.165) is 0 Å². The summed E-state index contributed by atoms with van der Waals surface area (Å²) in [5.41, 5.74) is 0.0222. The van der Waals surface area contributed by atoms with Crippen LogP contribution in [0.2, 0.25) is 0 Å². The van der Waals surface area contributed by atoms with Crippen LogP contribution < -0.4 is 10.6 Å². The maximum Gasteiger partial charge on any atom is 0.326 e. The minimum atomic E-state index is -0.765. The number of thiophene rings is 1. The van der Waals surface area contributed by atoms with Crippen LogP contribution in [0.4, 0.5) is 14.9 Å². The van der Waals surface area contributed by atoms with Crippen LogP contribution in [-0.4, -0.2) is 11.9 Å². The van der Waals surface area contributed by atoms with Gasteiger partial charge in [-0.15, -0.1) is 11.3 Å². The zero-order valence-corrected chi connectivity index (χ0v) is 9.96. The summed E-state index contributed by atoms with van der Waals surface area (Å²) in [4.78, 5) is 23.4. The van der Waals surface area contributed by atoms with Gasteiger partial charge in [-0.1, -0.05) is 18.2 Å². The monoisotopic (exact) mass is 264 g/mol. The fourth-order valence-corrected chi connectivity index (χ4v) is 1.91. The number of carbonyl (C=O) groups excluding carboxylic acids is 2. The summed E-state index contributed by atoms with van der Waals surface area (Å²) in [5.74, 6) is -1.07. The Kier molecular flexibility index (Phi) is 3.69. The van der Waals surface area contributed by atoms with E-state index in [0.29, 0.717) is 4.88 Å². The Balaban J connectivity index is 1.98. The Morgan fingerprint density at radius 1 is 1.11 bits per heavy atom. The number of anilines is 1. The molecule has 1 aromatic heterocycles. The molecule has 0 saturated carbocycles. The molecule has 0 fully saturated rings. The van der Waals surface area contributed by atoms with E-state index in [-0.39, 0.29) is 5.69 Å². The smallest absolute Gasteiger partial charge is 0.305 e. The second kappa shape index (κ2) is 5.42. The molecule has 0 bridgehead atoms. The summed E-state index contributed by atoms with van der Waals surface area (Å²) in [6, 6.07) is 8.25. The van der Waals surface area contributed by atoms with Crippen LogP contribution in [0.1, 0.15) is 9.67 Å². The van der Waals surface area contributed by atoms with Crippen molar-refractivity contribution in [3.05, 3.63) is 52.5 Å². The molecule has 0 saturated heterocycles. The number of imide groups is 1. The molecule has 6 heteroatoms. The molecule has 0 aliphatic heterocycles. The van der Waals surface area contributed by atoms with Gasteiger partial charge >= 0.3 is 6.03 Å². The number of urea groups is 1. The lowest BCUT2D eigenvalue weighted by Crippen LogP contribution is -2.34. The van der Waals surface area contributed by atoms with Crippen molar-refractivity contribution in [2.75, 3.05) is 5.32 Å². The van der Waals surface area contributed by atoms with Crippen molar-refractivity contribution in [1.82, 2.24) is 5.32 Å². The SMILES string of the molecule is O=C(NC(=O)c1cccs1)Nc1ccccc1F. The quantitative estimate of drug-likeness (QED) is 0.876. The first kappa shape index (κ1) is 12.3. The fourth-order valence-electron chi connectivity index (χ4n) is 1.29. The topological polar surface area (TPSA) is 58.2 Å². The number of para-hydroxylation sites is 1. The lowest BCUT2D eigenvalue weighted by Gasteiger charge is -2.06. The van der Waals surface area contributed by atoms with E-state index in [1.54, 1.807) is 23.6 Å². The number of amides is 3. The van der Waals surface area contributed by atoms with E-state index in [2.05, 4.69) is 10.6 Å². The van der Waals surface area contributed by atoms with Gasteiger partial charge in [0.15, 0.2) is 0 Å². The molecule has 0 unspecified atom stereocenters. The van der Waals surface area contributed by atoms with Crippen molar-refractivity contribution in [2.24, 2.45) is 0 Å². The van der Waals surface area contributed by atoms with Crippen molar-refractivity contribution in [3.8, 4) is 0 Å². The van der Waals surface area contributed by atoms with E-state index in [9.17, 15) is 14.0 Å². The first-order valence-corrected chi connectivity index (χ1v) is 5.95. The number of hydrogen-bond donors (Lipinski definition) is 2. The molecule has 0 radical (unpaired) electrons. The van der Waals surface area contributed by atoms with Crippen LogP contribution in [-0.2, 0) is 0 Å². The summed E-state index contributed by atoms with van der Waals surface area (Å²) in [5, 5.41) is 6.10. The molecule has 2 aromatic rings. The van der Waals surface area contributed by atoms with Gasteiger partial charge in [-0.25, -0.2) is 9.18 Å². The average Bonchev–Trinajstić information content (AvgIpc) is 2.85. The number of nitrogens with one attached hydrogen (secondary N) is 2. The summed E-state index contributed by atoms with van der Waals surface area (Å²) in [6.07, 6.45) is 0. The second-order valence-corrected chi connectivity index (χ2v) is 4.31. The molecule has 18 heavy (non-hydrogen) atoms. The van der Waals surface area contributed by atoms with E-state index in [4.69, 9.17) is 0 Å². The predicted molar refractivity (Wildman–Crippen MR) is 67.2 cm³/mol. The fraction of sp³-hybridized carbons (Fsp3) is 0. The highest BCUT2D eigenvalue weighted by molar-refractivity contribution is 7.12. The molecule has 1 heterocycles. The number of hydrogen-bond acceptors (Lipinski definition) is 3. The van der Waals surface area contributed by atoms with Gasteiger partial charge in [-0.3, -0.25) is 10.1 Å². The lowest BCUT2D eigenvalue weighted by atomic mass is 10.3. The first-order chi connectivity index (χ1) is 8.66. The molecule has 92 valence electrons. The molecule has 0 atom stereocenters. The zero-order chi connectivity index (χ0) is 13.0. The average molecular weight is 264 g/mol. The van der Waals surface area contributed by atoms with Crippen LogP contribution >= 0.6 is 11.3 Å². The van der Waals surface area contributed by atoms with Crippen LogP contribution in [0.3, 0.4) is 0 Å². The Morgan fingerprint density at radius 2 is 1.89 bits per heavy atom. The molecule has 0 aliphatic carbocycles. The highest BCUT2D eigenvalue weighted by Gasteiger charge is 2.12. The van der Waals surface area contributed by atoms with Gasteiger partial charge in [0.05, 0.1) is 10.6 Å². The summed E-state index contributed by atoms with van der Waals surface area (Å²) >= 11 is 1.22. The second-order valence-electron chi connectivity index (χ2n) is 3.37. The maximum atomic E-state index is 13.2. The Morgan fingerprint density at radius 3 is 2.56 bits per heavy atom. The van der Waals surface area contributed by atoms with Gasteiger partial charge in [-0.2, -0.15) is 0 Å². The minimum Gasteiger partial charge on any atom is -0.305 e. The number of rotatable bonds is 2. The van der Waals surface area contributed by atoms with Crippen LogP contribution in [0.5, 0.6) is 0 Å². The highest BCUT2D eigenvalue weighted by atomic mass is 32.1. The van der Waals surface area contributed by atoms with Gasteiger partial charge in [0.25, 0.3) is 5.91 Å². The molecule has 4 nitrogen and oxygen atoms in total. The molecular formula is C12H9FN2O2S. The van der Waals surface area contributed by atoms with Crippen LogP contribution in [0.15, 0.2) is 41.8 Å². The summed E-state index contributed by atoms with van der Waals surface area (Å²) in [6.45, 7) is 0. The predicted octanol–water partition coefficient (Wildman–Crippen LogP) is 2.85. The number of benzene rings is 1. The van der Waals surface area contributed by atoms with Gasteiger partial charge < -0.3 is 5.32 Å². The molecule has 3 amide bonds. The van der Waals surface area contributed by atoms with Gasteiger partial charge in [0.2, 0.25) is 0 Å². The third-order valence-electron chi connectivity index (χ3n) is 2.09. The van der Waals surface area contributed by atoms with Crippen molar-refractivity contribution < 1.29 is 14.0 Å². The Bertz CT molecular complexity index is 569. The third-order valence-corrected chi connectivity index (χ3v) is 2.96. The van der Waals surface area contributed by atoms with Gasteiger partial charge in [0.1, 0.15) is 5.82 Å². The molecule has 0 aliphatic rings. The van der Waals surface area contributed by atoms with E-state index in [1.165, 1.54) is 29.5 Å². The molecule has 0 spiro atoms. The third kappa shape index (κ3) is 2.92. The van der Waals surface area contributed by atoms with Crippen molar-refractivity contribution >= 4 is 29.0 Å². The zero-order valence-electron chi connectivity index (χ0n) is 9.14. The van der Waals surface area contributed by atoms with Crippen LogP contribution in [0, 0.1) is 5.82 Å². The Hall–Kier alpha value is -2.21. The number of halogens is 1. The lowest BCUT2D eigenvalue weighted by molar-refractivity contribution is 0.0971. The molecule has 2 rings (SSSR count). The molecule has 2 N–H and O–H groups in total. The van der Waals surface area contributed by atoms with E-state index < -0.39 is 17.8 Å². The standard InChI is InChI=1S/C12H9FN2O2S/c13-8-4-1-2-5-9(8)14-12(17)15-11(16)10-6-3-7-18-10/h1-7H,(H2,14,15,16,17). The van der Waals surface area contributed by atoms with E-state index in [1.807, 2.05) is 0 Å².